The number of hydrogen-bond acceptors (Lipinski definition) is 8. The number of hydrazone groups is 1. The van der Waals surface area contributed by atoms with Gasteiger partial charge < -0.3 is 19.1 Å². The molecule has 1 atom stereocenters. The fourth-order valence-electron chi connectivity index (χ4n) is 3.50. The van der Waals surface area contributed by atoms with Gasteiger partial charge in [-0.15, -0.1) is 0 Å². The van der Waals surface area contributed by atoms with E-state index in [4.69, 9.17) is 9.47 Å². The first kappa shape index (κ1) is 23.8. The number of aliphatic hydroxyl groups is 1. The molecule has 35 heavy (non-hydrogen) atoms. The molecule has 2 heterocycles. The lowest BCUT2D eigenvalue weighted by atomic mass is 10.1. The van der Waals surface area contributed by atoms with Crippen molar-refractivity contribution in [2.45, 2.75) is 19.6 Å². The largest absolute Gasteiger partial charge is 0.497 e. The number of benzene rings is 2. The van der Waals surface area contributed by atoms with Crippen LogP contribution in [-0.4, -0.2) is 49.7 Å². The molecule has 4 aromatic rings. The highest BCUT2D eigenvalue weighted by atomic mass is 16.5. The first-order valence-electron chi connectivity index (χ1n) is 10.9. The summed E-state index contributed by atoms with van der Waals surface area (Å²) >= 11 is 0. The third-order valence-electron chi connectivity index (χ3n) is 5.42. The van der Waals surface area contributed by atoms with Crippen molar-refractivity contribution in [1.29, 1.82) is 0 Å². The lowest BCUT2D eigenvalue weighted by Crippen LogP contribution is -2.30. The number of hydrogen-bond donors (Lipinski definition) is 3. The van der Waals surface area contributed by atoms with Gasteiger partial charge in [-0.3, -0.25) is 14.3 Å². The number of aromatic amines is 1. The molecule has 0 amide bonds. The lowest BCUT2D eigenvalue weighted by Gasteiger charge is -2.15. The zero-order valence-electron chi connectivity index (χ0n) is 19.6. The predicted molar refractivity (Wildman–Crippen MR) is 132 cm³/mol. The number of fused-ring (bicyclic) bond motifs is 1. The van der Waals surface area contributed by atoms with Gasteiger partial charge in [0.25, 0.3) is 5.56 Å². The molecule has 0 aliphatic rings. The van der Waals surface area contributed by atoms with E-state index in [9.17, 15) is 14.7 Å². The first-order chi connectivity index (χ1) is 16.9. The minimum absolute atomic E-state index is 0.0130. The Hall–Kier alpha value is -4.38. The molecule has 2 aromatic heterocycles. The average molecular weight is 479 g/mol. The van der Waals surface area contributed by atoms with E-state index in [1.807, 2.05) is 49.4 Å². The summed E-state index contributed by atoms with van der Waals surface area (Å²) in [6.45, 7) is 1.78. The molecular formula is C24H26N6O5. The minimum Gasteiger partial charge on any atom is -0.497 e. The highest BCUT2D eigenvalue weighted by Gasteiger charge is 2.20. The van der Waals surface area contributed by atoms with Crippen molar-refractivity contribution < 1.29 is 14.6 Å². The summed E-state index contributed by atoms with van der Waals surface area (Å²) < 4.78 is 13.5. The second-order valence-corrected chi connectivity index (χ2v) is 7.85. The smallest absolute Gasteiger partial charge is 0.329 e. The molecule has 11 nitrogen and oxygen atoms in total. The number of anilines is 1. The van der Waals surface area contributed by atoms with Gasteiger partial charge in [-0.2, -0.15) is 10.1 Å². The number of aromatic nitrogens is 4. The van der Waals surface area contributed by atoms with Crippen molar-refractivity contribution in [3.8, 4) is 11.5 Å². The van der Waals surface area contributed by atoms with E-state index in [1.165, 1.54) is 16.2 Å². The van der Waals surface area contributed by atoms with Crippen molar-refractivity contribution in [3.63, 3.8) is 0 Å². The van der Waals surface area contributed by atoms with Gasteiger partial charge in [-0.05, 0) is 48.9 Å². The topological polar surface area (TPSA) is 136 Å². The molecule has 0 unspecified atom stereocenters. The Morgan fingerprint density at radius 1 is 1.14 bits per heavy atom. The van der Waals surface area contributed by atoms with Crippen LogP contribution in [0.1, 0.15) is 12.5 Å². The molecule has 4 rings (SSSR count). The molecular weight excluding hydrogens is 452 g/mol. The van der Waals surface area contributed by atoms with Crippen molar-refractivity contribution >= 4 is 22.8 Å². The summed E-state index contributed by atoms with van der Waals surface area (Å²) in [6.07, 6.45) is -0.976. The number of nitrogens with zero attached hydrogens (tertiary/aromatic N) is 4. The van der Waals surface area contributed by atoms with Gasteiger partial charge >= 0.3 is 5.69 Å². The molecule has 0 fully saturated rings. The van der Waals surface area contributed by atoms with Crippen LogP contribution in [0.15, 0.2) is 69.3 Å². The Kier molecular flexibility index (Phi) is 6.97. The Morgan fingerprint density at radius 3 is 2.54 bits per heavy atom. The van der Waals surface area contributed by atoms with Crippen molar-refractivity contribution in [2.24, 2.45) is 12.1 Å². The normalized spacial score (nSPS) is 12.5. The highest BCUT2D eigenvalue weighted by Crippen LogP contribution is 2.18. The molecule has 0 saturated carbocycles. The number of methoxy groups -OCH3 is 1. The van der Waals surface area contributed by atoms with Crippen molar-refractivity contribution in [1.82, 2.24) is 19.1 Å². The van der Waals surface area contributed by atoms with Gasteiger partial charge in [0.2, 0.25) is 5.95 Å². The van der Waals surface area contributed by atoms with Crippen LogP contribution in [0.4, 0.5) is 5.95 Å². The monoisotopic (exact) mass is 478 g/mol. The third kappa shape index (κ3) is 5.25. The number of H-pyrrole nitrogens is 1. The molecule has 11 heteroatoms. The van der Waals surface area contributed by atoms with E-state index in [0.717, 1.165) is 11.3 Å². The number of para-hydroxylation sites is 1. The van der Waals surface area contributed by atoms with Crippen LogP contribution in [0.3, 0.4) is 0 Å². The molecule has 0 aliphatic carbocycles. The second-order valence-electron chi connectivity index (χ2n) is 7.85. The molecule has 0 bridgehead atoms. The second kappa shape index (κ2) is 10.3. The van der Waals surface area contributed by atoms with E-state index < -0.39 is 17.4 Å². The van der Waals surface area contributed by atoms with Gasteiger partial charge in [0.15, 0.2) is 11.2 Å². The van der Waals surface area contributed by atoms with E-state index >= 15 is 0 Å². The van der Waals surface area contributed by atoms with E-state index in [0.29, 0.717) is 11.5 Å². The van der Waals surface area contributed by atoms with Gasteiger partial charge in [0.05, 0.1) is 19.4 Å². The third-order valence-corrected chi connectivity index (χ3v) is 5.42. The van der Waals surface area contributed by atoms with E-state index in [-0.39, 0.29) is 30.3 Å². The highest BCUT2D eigenvalue weighted by molar-refractivity contribution is 5.99. The lowest BCUT2D eigenvalue weighted by molar-refractivity contribution is 0.0938. The van der Waals surface area contributed by atoms with Crippen LogP contribution in [0.5, 0.6) is 11.5 Å². The maximum absolute atomic E-state index is 12.6. The van der Waals surface area contributed by atoms with Crippen LogP contribution < -0.4 is 26.1 Å². The van der Waals surface area contributed by atoms with Crippen LogP contribution in [0.2, 0.25) is 0 Å². The van der Waals surface area contributed by atoms with Crippen LogP contribution in [0, 0.1) is 0 Å². The summed E-state index contributed by atoms with van der Waals surface area (Å²) in [5.74, 6) is 1.53. The van der Waals surface area contributed by atoms with Crippen LogP contribution in [0.25, 0.3) is 11.2 Å². The minimum atomic E-state index is -0.976. The molecule has 3 N–H and O–H groups in total. The molecule has 0 radical (unpaired) electrons. The number of ether oxygens (including phenoxy) is 2. The maximum Gasteiger partial charge on any atom is 0.329 e. The molecule has 0 spiro atoms. The van der Waals surface area contributed by atoms with Gasteiger partial charge in [0, 0.05) is 7.05 Å². The summed E-state index contributed by atoms with van der Waals surface area (Å²) in [6, 6.07) is 16.5. The fourth-order valence-corrected chi connectivity index (χ4v) is 3.50. The number of aryl methyl sites for hydroxylation is 1. The SMILES string of the molecule is COc1ccc(/C(C)=N/Nc2nc3c(c(=O)[nH]c(=O)n3C)n2C[C@H](O)COc2ccccc2)cc1. The number of aliphatic hydroxyl groups excluding tert-OH is 1. The molecule has 0 aliphatic heterocycles. The zero-order chi connectivity index (χ0) is 24.9. The summed E-state index contributed by atoms with van der Waals surface area (Å²) in [5, 5.41) is 15.0. The molecule has 182 valence electrons. The molecule has 0 saturated heterocycles. The maximum atomic E-state index is 12.6. The Labute approximate surface area is 200 Å². The van der Waals surface area contributed by atoms with Crippen molar-refractivity contribution in [3.05, 3.63) is 81.0 Å². The molecule has 2 aromatic carbocycles. The predicted octanol–water partition coefficient (Wildman–Crippen LogP) is 1.71. The Bertz CT molecular complexity index is 1450. The quantitative estimate of drug-likeness (QED) is 0.246. The summed E-state index contributed by atoms with van der Waals surface area (Å²) in [4.78, 5) is 31.4. The standard InChI is InChI=1S/C24H26N6O5/c1-15(16-9-11-18(34-3)12-10-16)27-28-23-25-21-20(22(32)26-24(33)29(21)2)30(23)13-17(31)14-35-19-7-5-4-6-8-19/h4-12,17,31H,13-14H2,1-3H3,(H,25,28)(H,26,32,33)/b27-15+/t17-/m0/s1. The zero-order valence-corrected chi connectivity index (χ0v) is 19.6. The van der Waals surface area contributed by atoms with Crippen LogP contribution >= 0.6 is 0 Å². The van der Waals surface area contributed by atoms with E-state index in [2.05, 4.69) is 20.5 Å². The van der Waals surface area contributed by atoms with Gasteiger partial charge in [0.1, 0.15) is 24.2 Å². The van der Waals surface area contributed by atoms with E-state index in [1.54, 1.807) is 19.2 Å². The Morgan fingerprint density at radius 2 is 1.86 bits per heavy atom. The fraction of sp³-hybridized carbons (Fsp3) is 0.250. The number of rotatable bonds is 9. The van der Waals surface area contributed by atoms with Crippen LogP contribution in [-0.2, 0) is 13.6 Å². The number of nitrogens with one attached hydrogen (secondary N) is 2. The number of imidazole rings is 1. The summed E-state index contributed by atoms with van der Waals surface area (Å²) in [5.41, 5.74) is 3.46. The average Bonchev–Trinajstić information content (AvgIpc) is 3.24. The Balaban J connectivity index is 1.64. The van der Waals surface area contributed by atoms with Crippen molar-refractivity contribution in [2.75, 3.05) is 19.1 Å². The van der Waals surface area contributed by atoms with Gasteiger partial charge in [-0.1, -0.05) is 18.2 Å². The first-order valence-corrected chi connectivity index (χ1v) is 10.9. The summed E-state index contributed by atoms with van der Waals surface area (Å²) in [7, 11) is 3.10. The van der Waals surface area contributed by atoms with Gasteiger partial charge in [-0.25, -0.2) is 10.2 Å².